The number of anilines is 2. The van der Waals surface area contributed by atoms with Crippen LogP contribution in [-0.4, -0.2) is 65.7 Å². The summed E-state index contributed by atoms with van der Waals surface area (Å²) in [6, 6.07) is 12.5. The monoisotopic (exact) mass is 530 g/mol. The molecule has 2 aromatic carbocycles. The summed E-state index contributed by atoms with van der Waals surface area (Å²) in [6.07, 6.45) is 7.19. The Bertz CT molecular complexity index is 1010. The van der Waals surface area contributed by atoms with Gasteiger partial charge in [0.2, 0.25) is 0 Å². The average Bonchev–Trinajstić information content (AvgIpc) is 3.04. The highest BCUT2D eigenvalue weighted by Crippen LogP contribution is 2.39. The van der Waals surface area contributed by atoms with Crippen molar-refractivity contribution in [2.75, 3.05) is 64.7 Å². The predicted molar refractivity (Wildman–Crippen MR) is 148 cm³/mol. The lowest BCUT2D eigenvalue weighted by Gasteiger charge is -2.27. The van der Waals surface area contributed by atoms with Gasteiger partial charge in [-0.1, -0.05) is 23.7 Å². The van der Waals surface area contributed by atoms with Gasteiger partial charge >= 0.3 is 5.97 Å². The smallest absolute Gasteiger partial charge is 0.330 e. The van der Waals surface area contributed by atoms with Crippen molar-refractivity contribution in [2.24, 2.45) is 0 Å². The Morgan fingerprint density at radius 2 is 1.86 bits per heavy atom. The molecule has 1 aliphatic heterocycles. The second-order valence-electron chi connectivity index (χ2n) is 8.73. The first-order chi connectivity index (χ1) is 18.1. The first-order valence-electron chi connectivity index (χ1n) is 13.0. The minimum atomic E-state index is -0.301. The van der Waals surface area contributed by atoms with E-state index < -0.39 is 0 Å². The number of carbonyl (C=O) groups is 1. The molecule has 0 spiro atoms. The van der Waals surface area contributed by atoms with Gasteiger partial charge < -0.3 is 29.2 Å². The molecule has 37 heavy (non-hydrogen) atoms. The van der Waals surface area contributed by atoms with Crippen molar-refractivity contribution < 1.29 is 23.7 Å². The molecule has 0 saturated heterocycles. The van der Waals surface area contributed by atoms with Crippen LogP contribution in [0.2, 0.25) is 5.02 Å². The van der Waals surface area contributed by atoms with E-state index in [1.54, 1.807) is 20.1 Å². The number of unbranched alkanes of at least 4 members (excludes halogenated alkanes) is 1. The summed E-state index contributed by atoms with van der Waals surface area (Å²) < 4.78 is 21.3. The lowest BCUT2D eigenvalue weighted by molar-refractivity contribution is -0.137. The van der Waals surface area contributed by atoms with Crippen molar-refractivity contribution in [2.45, 2.75) is 32.6 Å². The van der Waals surface area contributed by atoms with Gasteiger partial charge in [0.15, 0.2) is 0 Å². The molecule has 202 valence electrons. The zero-order valence-electron chi connectivity index (χ0n) is 22.0. The second-order valence-corrected chi connectivity index (χ2v) is 9.17. The van der Waals surface area contributed by atoms with Crippen LogP contribution < -0.4 is 15.0 Å². The number of hydrogen-bond acceptors (Lipinski definition) is 7. The van der Waals surface area contributed by atoms with Crippen LogP contribution in [0, 0.1) is 0 Å². The Balaban J connectivity index is 1.58. The zero-order valence-corrected chi connectivity index (χ0v) is 22.7. The molecule has 0 amide bonds. The Labute approximate surface area is 225 Å². The third kappa shape index (κ3) is 9.67. The van der Waals surface area contributed by atoms with Gasteiger partial charge in [-0.2, -0.15) is 0 Å². The van der Waals surface area contributed by atoms with E-state index in [0.29, 0.717) is 39.6 Å². The summed E-state index contributed by atoms with van der Waals surface area (Å²) in [5.41, 5.74) is 4.95. The van der Waals surface area contributed by atoms with Crippen LogP contribution >= 0.6 is 11.6 Å². The van der Waals surface area contributed by atoms with Gasteiger partial charge in [-0.3, -0.25) is 0 Å². The summed E-state index contributed by atoms with van der Waals surface area (Å²) in [5, 5.41) is 4.10. The first-order valence-corrected chi connectivity index (χ1v) is 13.4. The topological polar surface area (TPSA) is 69.3 Å². The normalized spacial score (nSPS) is 12.8. The molecule has 0 fully saturated rings. The first kappa shape index (κ1) is 29.0. The van der Waals surface area contributed by atoms with Gasteiger partial charge in [-0.25, -0.2) is 4.79 Å². The van der Waals surface area contributed by atoms with E-state index in [0.717, 1.165) is 49.5 Å². The van der Waals surface area contributed by atoms with Gasteiger partial charge in [0.1, 0.15) is 12.4 Å². The predicted octanol–water partition coefficient (Wildman–Crippen LogP) is 5.11. The van der Waals surface area contributed by atoms with E-state index in [9.17, 15) is 4.79 Å². The van der Waals surface area contributed by atoms with E-state index in [-0.39, 0.29) is 5.97 Å². The highest BCUT2D eigenvalue weighted by atomic mass is 35.5. The van der Waals surface area contributed by atoms with Crippen molar-refractivity contribution in [3.8, 4) is 5.75 Å². The highest BCUT2D eigenvalue weighted by molar-refractivity contribution is 6.30. The number of benzene rings is 2. The van der Waals surface area contributed by atoms with Gasteiger partial charge in [0, 0.05) is 42.7 Å². The second kappa shape index (κ2) is 16.3. The van der Waals surface area contributed by atoms with Gasteiger partial charge in [-0.05, 0) is 80.6 Å². The fourth-order valence-electron chi connectivity index (χ4n) is 4.27. The Hall–Kier alpha value is -2.58. The van der Waals surface area contributed by atoms with Gasteiger partial charge in [0.05, 0.1) is 26.4 Å². The van der Waals surface area contributed by atoms with Crippen LogP contribution in [-0.2, 0) is 31.8 Å². The summed E-state index contributed by atoms with van der Waals surface area (Å²) in [6.45, 7) is 6.78. The lowest BCUT2D eigenvalue weighted by Crippen LogP contribution is -2.22. The maximum atomic E-state index is 11.4. The Morgan fingerprint density at radius 1 is 1.03 bits per heavy atom. The molecule has 0 unspecified atom stereocenters. The van der Waals surface area contributed by atoms with Crippen molar-refractivity contribution in [3.05, 3.63) is 64.7 Å². The summed E-state index contributed by atoms with van der Waals surface area (Å²) in [7, 11) is 1.66. The fourth-order valence-corrected chi connectivity index (χ4v) is 4.43. The van der Waals surface area contributed by atoms with E-state index in [1.807, 2.05) is 12.1 Å². The SMILES string of the molecule is CCOC(=O)/C=C/CNCCCCN1c2ccc(OCCOCCOC)cc2CCc2ccc(Cl)cc21. The van der Waals surface area contributed by atoms with Crippen molar-refractivity contribution >= 4 is 28.9 Å². The number of methoxy groups -OCH3 is 1. The number of nitrogens with zero attached hydrogens (tertiary/aromatic N) is 1. The van der Waals surface area contributed by atoms with Gasteiger partial charge in [-0.15, -0.1) is 0 Å². The molecule has 1 aliphatic rings. The van der Waals surface area contributed by atoms with Crippen LogP contribution in [0.1, 0.15) is 30.9 Å². The molecular formula is C29H39ClN2O5. The standard InChI is InChI=1S/C29H39ClN2O5/c1-3-36-29(33)7-6-15-31-14-4-5-16-32-27-13-12-26(37-20-19-35-18-17-34-2)21-24(27)9-8-23-10-11-25(30)22-28(23)32/h6-7,10-13,21-22,31H,3-5,8-9,14-20H2,1-2H3/b7-6+. The molecule has 0 saturated carbocycles. The van der Waals surface area contributed by atoms with Crippen molar-refractivity contribution in [1.29, 1.82) is 0 Å². The zero-order chi connectivity index (χ0) is 26.3. The van der Waals surface area contributed by atoms with E-state index in [1.165, 1.54) is 28.6 Å². The number of esters is 1. The minimum absolute atomic E-state index is 0.301. The average molecular weight is 531 g/mol. The lowest BCUT2D eigenvalue weighted by atomic mass is 10.0. The molecule has 8 heteroatoms. The van der Waals surface area contributed by atoms with E-state index in [4.69, 9.17) is 30.5 Å². The van der Waals surface area contributed by atoms with Crippen LogP contribution in [0.4, 0.5) is 11.4 Å². The molecule has 0 atom stereocenters. The number of hydrogen-bond donors (Lipinski definition) is 1. The number of halogens is 1. The van der Waals surface area contributed by atoms with Crippen molar-refractivity contribution in [1.82, 2.24) is 5.32 Å². The maximum Gasteiger partial charge on any atom is 0.330 e. The molecule has 0 radical (unpaired) electrons. The molecular weight excluding hydrogens is 492 g/mol. The molecule has 7 nitrogen and oxygen atoms in total. The largest absolute Gasteiger partial charge is 0.491 e. The van der Waals surface area contributed by atoms with E-state index >= 15 is 0 Å². The van der Waals surface area contributed by atoms with Crippen LogP contribution in [0.15, 0.2) is 48.6 Å². The molecule has 0 aliphatic carbocycles. The minimum Gasteiger partial charge on any atom is -0.491 e. The number of carbonyl (C=O) groups excluding carboxylic acids is 1. The van der Waals surface area contributed by atoms with Crippen LogP contribution in [0.25, 0.3) is 0 Å². The molecule has 1 heterocycles. The van der Waals surface area contributed by atoms with E-state index in [2.05, 4.69) is 34.5 Å². The molecule has 2 aromatic rings. The highest BCUT2D eigenvalue weighted by Gasteiger charge is 2.21. The maximum absolute atomic E-state index is 11.4. The molecule has 0 bridgehead atoms. The Morgan fingerprint density at radius 3 is 2.70 bits per heavy atom. The number of nitrogens with one attached hydrogen (secondary N) is 1. The fraction of sp³-hybridized carbons (Fsp3) is 0.483. The molecule has 1 N–H and O–H groups in total. The molecule has 0 aromatic heterocycles. The van der Waals surface area contributed by atoms with Crippen molar-refractivity contribution in [3.63, 3.8) is 0 Å². The van der Waals surface area contributed by atoms with Crippen LogP contribution in [0.5, 0.6) is 5.75 Å². The molecule has 3 rings (SSSR count). The number of fused-ring (bicyclic) bond motifs is 2. The number of rotatable bonds is 16. The van der Waals surface area contributed by atoms with Gasteiger partial charge in [0.25, 0.3) is 0 Å². The summed E-state index contributed by atoms with van der Waals surface area (Å²) >= 11 is 6.41. The third-order valence-corrected chi connectivity index (χ3v) is 6.29. The third-order valence-electron chi connectivity index (χ3n) is 6.06. The van der Waals surface area contributed by atoms with Crippen LogP contribution in [0.3, 0.4) is 0 Å². The summed E-state index contributed by atoms with van der Waals surface area (Å²) in [5.74, 6) is 0.559. The quantitative estimate of drug-likeness (QED) is 0.184. The number of aryl methyl sites for hydroxylation is 2. The Kier molecular flexibility index (Phi) is 12.8. The summed E-state index contributed by atoms with van der Waals surface area (Å²) in [4.78, 5) is 13.7. The number of ether oxygens (including phenoxy) is 4.